The molecule has 116 valence electrons. The highest BCUT2D eigenvalue weighted by Gasteiger charge is 2.10. The molecule has 0 atom stereocenters. The predicted molar refractivity (Wildman–Crippen MR) is 90.4 cm³/mol. The summed E-state index contributed by atoms with van der Waals surface area (Å²) in [6, 6.07) is 14.0. The summed E-state index contributed by atoms with van der Waals surface area (Å²) in [4.78, 5) is 25.5. The number of nitrogens with one attached hydrogen (secondary N) is 1. The number of Topliss-reactive ketones (excluding diaryl/α,β-unsaturated/α-hetero) is 1. The van der Waals surface area contributed by atoms with Crippen molar-refractivity contribution in [2.45, 2.75) is 32.6 Å². The predicted octanol–water partition coefficient (Wildman–Crippen LogP) is 3.77. The van der Waals surface area contributed by atoms with Gasteiger partial charge in [-0.25, -0.2) is 0 Å². The summed E-state index contributed by atoms with van der Waals surface area (Å²) >= 11 is 1.49. The van der Waals surface area contributed by atoms with Crippen LogP contribution in [0.4, 0.5) is 0 Å². The molecule has 0 fully saturated rings. The SMILES string of the molecule is Cc1ccc(C(=O)CCC(=O)NCCCc2ccccc2)s1. The van der Waals surface area contributed by atoms with Crippen LogP contribution in [0.25, 0.3) is 0 Å². The van der Waals surface area contributed by atoms with Crippen LogP contribution < -0.4 is 5.32 Å². The van der Waals surface area contributed by atoms with Crippen molar-refractivity contribution >= 4 is 23.0 Å². The number of carbonyl (C=O) groups is 2. The van der Waals surface area contributed by atoms with Crippen molar-refractivity contribution in [3.05, 3.63) is 57.8 Å². The van der Waals surface area contributed by atoms with Gasteiger partial charge in [0.2, 0.25) is 5.91 Å². The standard InChI is InChI=1S/C18H21NO2S/c1-14-9-11-17(22-14)16(20)10-12-18(21)19-13-5-8-15-6-3-2-4-7-15/h2-4,6-7,9,11H,5,8,10,12-13H2,1H3,(H,19,21). The number of thiophene rings is 1. The first-order valence-corrected chi connectivity index (χ1v) is 8.37. The average molecular weight is 315 g/mol. The van der Waals surface area contributed by atoms with Crippen LogP contribution in [0, 0.1) is 6.92 Å². The van der Waals surface area contributed by atoms with Gasteiger partial charge in [-0.3, -0.25) is 9.59 Å². The molecule has 1 aromatic carbocycles. The Bertz CT molecular complexity index is 619. The molecular formula is C18H21NO2S. The minimum absolute atomic E-state index is 0.0466. The lowest BCUT2D eigenvalue weighted by molar-refractivity contribution is -0.121. The van der Waals surface area contributed by atoms with Gasteiger partial charge >= 0.3 is 0 Å². The van der Waals surface area contributed by atoms with E-state index < -0.39 is 0 Å². The number of amides is 1. The summed E-state index contributed by atoms with van der Waals surface area (Å²) < 4.78 is 0. The van der Waals surface area contributed by atoms with Gasteiger partial charge in [0.15, 0.2) is 5.78 Å². The molecule has 0 aliphatic carbocycles. The molecule has 0 saturated heterocycles. The van der Waals surface area contributed by atoms with Crippen LogP contribution >= 0.6 is 11.3 Å². The molecule has 0 bridgehead atoms. The lowest BCUT2D eigenvalue weighted by Gasteiger charge is -2.05. The summed E-state index contributed by atoms with van der Waals surface area (Å²) in [6.07, 6.45) is 2.41. The van der Waals surface area contributed by atoms with Crippen LogP contribution in [-0.4, -0.2) is 18.2 Å². The molecule has 1 N–H and O–H groups in total. The van der Waals surface area contributed by atoms with E-state index >= 15 is 0 Å². The van der Waals surface area contributed by atoms with E-state index in [-0.39, 0.29) is 24.5 Å². The van der Waals surface area contributed by atoms with Crippen LogP contribution in [0.2, 0.25) is 0 Å². The van der Waals surface area contributed by atoms with E-state index in [1.54, 1.807) is 0 Å². The third-order valence-corrected chi connectivity index (χ3v) is 4.44. The highest BCUT2D eigenvalue weighted by molar-refractivity contribution is 7.14. The molecule has 1 heterocycles. The molecule has 3 nitrogen and oxygen atoms in total. The van der Waals surface area contributed by atoms with E-state index in [0.29, 0.717) is 6.54 Å². The number of ketones is 1. The first-order chi connectivity index (χ1) is 10.6. The highest BCUT2D eigenvalue weighted by atomic mass is 32.1. The van der Waals surface area contributed by atoms with Crippen LogP contribution in [0.5, 0.6) is 0 Å². The van der Waals surface area contributed by atoms with Gasteiger partial charge < -0.3 is 5.32 Å². The third-order valence-electron chi connectivity index (χ3n) is 3.40. The monoisotopic (exact) mass is 315 g/mol. The summed E-state index contributed by atoms with van der Waals surface area (Å²) in [7, 11) is 0. The number of benzene rings is 1. The molecule has 0 radical (unpaired) electrons. The zero-order chi connectivity index (χ0) is 15.8. The van der Waals surface area contributed by atoms with Gasteiger partial charge in [0, 0.05) is 24.3 Å². The maximum absolute atomic E-state index is 11.9. The third kappa shape index (κ3) is 5.45. The minimum atomic E-state index is -0.0466. The smallest absolute Gasteiger partial charge is 0.220 e. The molecule has 1 amide bonds. The number of carbonyl (C=O) groups excluding carboxylic acids is 2. The molecule has 0 spiro atoms. The molecule has 0 saturated carbocycles. The lowest BCUT2D eigenvalue weighted by atomic mass is 10.1. The maximum atomic E-state index is 11.9. The van der Waals surface area contributed by atoms with Crippen LogP contribution in [0.1, 0.15) is 39.4 Å². The van der Waals surface area contributed by atoms with Crippen LogP contribution in [0.3, 0.4) is 0 Å². The molecule has 1 aromatic heterocycles. The van der Waals surface area contributed by atoms with Gasteiger partial charge in [-0.05, 0) is 37.5 Å². The Morgan fingerprint density at radius 3 is 2.50 bits per heavy atom. The Morgan fingerprint density at radius 1 is 1.05 bits per heavy atom. The van der Waals surface area contributed by atoms with Crippen LogP contribution in [0.15, 0.2) is 42.5 Å². The Labute approximate surface area is 135 Å². The van der Waals surface area contributed by atoms with Crippen molar-refractivity contribution in [2.75, 3.05) is 6.54 Å². The fraction of sp³-hybridized carbons (Fsp3) is 0.333. The van der Waals surface area contributed by atoms with Crippen molar-refractivity contribution < 1.29 is 9.59 Å². The number of hydrogen-bond acceptors (Lipinski definition) is 3. The summed E-state index contributed by atoms with van der Waals surface area (Å²) in [6.45, 7) is 2.63. The minimum Gasteiger partial charge on any atom is -0.356 e. The zero-order valence-corrected chi connectivity index (χ0v) is 13.6. The van der Waals surface area contributed by atoms with Crippen molar-refractivity contribution in [3.63, 3.8) is 0 Å². The van der Waals surface area contributed by atoms with E-state index in [0.717, 1.165) is 22.6 Å². The Kier molecular flexibility index (Phi) is 6.34. The number of hydrogen-bond donors (Lipinski definition) is 1. The molecule has 0 unspecified atom stereocenters. The topological polar surface area (TPSA) is 46.2 Å². The molecule has 4 heteroatoms. The Morgan fingerprint density at radius 2 is 1.82 bits per heavy atom. The Hall–Kier alpha value is -1.94. The van der Waals surface area contributed by atoms with E-state index in [1.807, 2.05) is 37.3 Å². The number of aryl methyl sites for hydroxylation is 2. The molecule has 2 rings (SSSR count). The van der Waals surface area contributed by atoms with E-state index in [1.165, 1.54) is 16.9 Å². The molecular weight excluding hydrogens is 294 g/mol. The van der Waals surface area contributed by atoms with Gasteiger partial charge in [0.25, 0.3) is 0 Å². The van der Waals surface area contributed by atoms with Gasteiger partial charge in [-0.1, -0.05) is 30.3 Å². The summed E-state index contributed by atoms with van der Waals surface area (Å²) in [5, 5.41) is 2.88. The zero-order valence-electron chi connectivity index (χ0n) is 12.8. The van der Waals surface area contributed by atoms with Gasteiger partial charge in [-0.2, -0.15) is 0 Å². The maximum Gasteiger partial charge on any atom is 0.220 e. The Balaban J connectivity index is 1.61. The van der Waals surface area contributed by atoms with E-state index in [2.05, 4.69) is 17.4 Å². The van der Waals surface area contributed by atoms with Crippen molar-refractivity contribution in [1.82, 2.24) is 5.32 Å². The summed E-state index contributed by atoms with van der Waals surface area (Å²) in [5.74, 6) is 0.00669. The van der Waals surface area contributed by atoms with Gasteiger partial charge in [0.1, 0.15) is 0 Å². The highest BCUT2D eigenvalue weighted by Crippen LogP contribution is 2.17. The van der Waals surface area contributed by atoms with Crippen molar-refractivity contribution in [3.8, 4) is 0 Å². The van der Waals surface area contributed by atoms with Crippen molar-refractivity contribution in [2.24, 2.45) is 0 Å². The average Bonchev–Trinajstić information content (AvgIpc) is 2.97. The molecule has 0 aliphatic heterocycles. The molecule has 0 aliphatic rings. The second kappa shape index (κ2) is 8.49. The first kappa shape index (κ1) is 16.4. The number of rotatable bonds is 8. The van der Waals surface area contributed by atoms with E-state index in [4.69, 9.17) is 0 Å². The first-order valence-electron chi connectivity index (χ1n) is 7.55. The second-order valence-electron chi connectivity index (χ2n) is 5.27. The van der Waals surface area contributed by atoms with Crippen LogP contribution in [-0.2, 0) is 11.2 Å². The second-order valence-corrected chi connectivity index (χ2v) is 6.56. The lowest BCUT2D eigenvalue weighted by Crippen LogP contribution is -2.25. The summed E-state index contributed by atoms with van der Waals surface area (Å²) in [5.41, 5.74) is 1.28. The van der Waals surface area contributed by atoms with Crippen molar-refractivity contribution in [1.29, 1.82) is 0 Å². The quantitative estimate of drug-likeness (QED) is 0.595. The van der Waals surface area contributed by atoms with E-state index in [9.17, 15) is 9.59 Å². The molecule has 2 aromatic rings. The van der Waals surface area contributed by atoms with Gasteiger partial charge in [0.05, 0.1) is 4.88 Å². The largest absolute Gasteiger partial charge is 0.356 e. The molecule has 22 heavy (non-hydrogen) atoms. The normalized spacial score (nSPS) is 10.4. The fourth-order valence-electron chi connectivity index (χ4n) is 2.19. The fourth-order valence-corrected chi connectivity index (χ4v) is 3.02. The van der Waals surface area contributed by atoms with Gasteiger partial charge in [-0.15, -0.1) is 11.3 Å².